The topological polar surface area (TPSA) is 91.5 Å². The summed E-state index contributed by atoms with van der Waals surface area (Å²) in [4.78, 5) is 45.1. The molecule has 5 heterocycles. The van der Waals surface area contributed by atoms with Crippen molar-refractivity contribution in [2.75, 3.05) is 0 Å². The number of Topliss-reactive ketones (excluding diaryl/α,β-unsaturated/α-hetero) is 2. The Labute approximate surface area is 254 Å². The Morgan fingerprint density at radius 1 is 0.698 bits per heavy atom. The summed E-state index contributed by atoms with van der Waals surface area (Å²) in [5.41, 5.74) is 12.3. The Kier molecular flexibility index (Phi) is 6.54. The summed E-state index contributed by atoms with van der Waals surface area (Å²) in [7, 11) is 0. The predicted molar refractivity (Wildman–Crippen MR) is 175 cm³/mol. The standard InChI is InChI=1S/C37H44N4O2/c1-11-24-19(5)27-15-31-25(12-2)21(7)29(40-31)17-34-36(14-4)35(10,37(36,22(8)42)23(9)43)33(41-34)18-32-26(13-3)20(6)28(39-32)16-30(24)38-27/h15-18,39-40H,11-14H2,1-10H3. The molecule has 0 saturated heterocycles. The zero-order chi connectivity index (χ0) is 31.2. The van der Waals surface area contributed by atoms with E-state index >= 15 is 0 Å². The fourth-order valence-corrected chi connectivity index (χ4v) is 9.36. The first-order valence-electron chi connectivity index (χ1n) is 15.9. The molecule has 2 atom stereocenters. The Bertz CT molecular complexity index is 1920. The van der Waals surface area contributed by atoms with Crippen molar-refractivity contribution in [3.05, 3.63) is 69.3 Å². The van der Waals surface area contributed by atoms with Crippen LogP contribution >= 0.6 is 0 Å². The molecule has 8 bridgehead atoms. The van der Waals surface area contributed by atoms with Gasteiger partial charge in [0.1, 0.15) is 17.0 Å². The van der Waals surface area contributed by atoms with Crippen LogP contribution in [-0.4, -0.2) is 31.5 Å². The van der Waals surface area contributed by atoms with Crippen LogP contribution in [0.25, 0.3) is 33.2 Å². The molecule has 3 aliphatic rings. The fraction of sp³-hybridized carbons (Fsp3) is 0.459. The van der Waals surface area contributed by atoms with E-state index < -0.39 is 16.2 Å². The van der Waals surface area contributed by atoms with Gasteiger partial charge in [0.25, 0.3) is 0 Å². The second kappa shape index (κ2) is 9.60. The number of aromatic amines is 2. The van der Waals surface area contributed by atoms with Gasteiger partial charge >= 0.3 is 0 Å². The van der Waals surface area contributed by atoms with E-state index in [4.69, 9.17) is 9.97 Å². The number of carbonyl (C=O) groups excluding carboxylic acids is 2. The van der Waals surface area contributed by atoms with Gasteiger partial charge in [-0.15, -0.1) is 0 Å². The zero-order valence-corrected chi connectivity index (χ0v) is 27.3. The largest absolute Gasteiger partial charge is 0.355 e. The van der Waals surface area contributed by atoms with Crippen molar-refractivity contribution < 1.29 is 9.59 Å². The summed E-state index contributed by atoms with van der Waals surface area (Å²) in [6.07, 6.45) is 3.24. The summed E-state index contributed by atoms with van der Waals surface area (Å²) in [6, 6.07) is 8.59. The van der Waals surface area contributed by atoms with Crippen LogP contribution in [0.4, 0.5) is 0 Å². The van der Waals surface area contributed by atoms with Crippen molar-refractivity contribution in [1.82, 2.24) is 19.9 Å². The Balaban J connectivity index is 1.85. The van der Waals surface area contributed by atoms with E-state index in [1.807, 2.05) is 0 Å². The number of fused-ring (bicyclic) bond motifs is 11. The molecule has 6 nitrogen and oxygen atoms in total. The molecule has 3 aromatic heterocycles. The van der Waals surface area contributed by atoms with E-state index in [2.05, 4.69) is 89.6 Å². The first kappa shape index (κ1) is 29.3. The van der Waals surface area contributed by atoms with Crippen molar-refractivity contribution in [3.63, 3.8) is 0 Å². The maximum atomic E-state index is 13.6. The summed E-state index contributed by atoms with van der Waals surface area (Å²) in [5, 5.41) is 0. The number of nitrogens with one attached hydrogen (secondary N) is 2. The fourth-order valence-electron chi connectivity index (χ4n) is 9.36. The lowest BCUT2D eigenvalue weighted by Gasteiger charge is -2.20. The van der Waals surface area contributed by atoms with Crippen molar-refractivity contribution in [2.24, 2.45) is 5.41 Å². The highest BCUT2D eigenvalue weighted by molar-refractivity contribution is 6.15. The van der Waals surface area contributed by atoms with Gasteiger partial charge in [-0.3, -0.25) is 14.6 Å². The molecule has 0 spiro atoms. The molecule has 0 radical (unpaired) electrons. The minimum Gasteiger partial charge on any atom is -0.355 e. The van der Waals surface area contributed by atoms with Crippen LogP contribution in [0.5, 0.6) is 0 Å². The van der Waals surface area contributed by atoms with E-state index in [-0.39, 0.29) is 11.6 Å². The molecule has 2 unspecified atom stereocenters. The molecule has 2 aliphatic heterocycles. The molecule has 224 valence electrons. The third-order valence-corrected chi connectivity index (χ3v) is 11.4. The zero-order valence-electron chi connectivity index (χ0n) is 27.3. The quantitative estimate of drug-likeness (QED) is 0.290. The smallest absolute Gasteiger partial charge is 0.145 e. The van der Waals surface area contributed by atoms with Gasteiger partial charge in [0, 0.05) is 32.9 Å². The maximum absolute atomic E-state index is 13.6. The Morgan fingerprint density at radius 2 is 1.21 bits per heavy atom. The summed E-state index contributed by atoms with van der Waals surface area (Å²) in [6.45, 7) is 20.3. The van der Waals surface area contributed by atoms with Crippen LogP contribution < -0.4 is 0 Å². The SMILES string of the molecule is CCC1=C(C)c2cc3[nH]c(cc4nc(cc5[nH]c(cc1n2)c(C)c5CC)C1(C)C(C(C)=O)(C(C)=O)C41CC)c(C)c3CC. The summed E-state index contributed by atoms with van der Waals surface area (Å²) < 4.78 is 0. The van der Waals surface area contributed by atoms with E-state index in [9.17, 15) is 9.59 Å². The number of nitrogens with zero attached hydrogens (tertiary/aromatic N) is 2. The van der Waals surface area contributed by atoms with E-state index in [0.29, 0.717) is 6.42 Å². The van der Waals surface area contributed by atoms with Crippen LogP contribution in [0.2, 0.25) is 0 Å². The van der Waals surface area contributed by atoms with Crippen LogP contribution in [-0.2, 0) is 33.3 Å². The Morgan fingerprint density at radius 3 is 1.72 bits per heavy atom. The van der Waals surface area contributed by atoms with Crippen LogP contribution in [0.1, 0.15) is 113 Å². The van der Waals surface area contributed by atoms with Gasteiger partial charge in [-0.1, -0.05) is 34.6 Å². The third kappa shape index (κ3) is 3.35. The molecule has 1 aliphatic carbocycles. The van der Waals surface area contributed by atoms with Gasteiger partial charge in [-0.05, 0) is 118 Å². The van der Waals surface area contributed by atoms with Gasteiger partial charge in [0.15, 0.2) is 0 Å². The second-order valence-electron chi connectivity index (χ2n) is 12.9. The maximum Gasteiger partial charge on any atom is 0.145 e. The monoisotopic (exact) mass is 576 g/mol. The molecule has 6 rings (SSSR count). The minimum atomic E-state index is -1.15. The lowest BCUT2D eigenvalue weighted by molar-refractivity contribution is -0.134. The molecular weight excluding hydrogens is 532 g/mol. The van der Waals surface area contributed by atoms with Crippen molar-refractivity contribution >= 4 is 44.8 Å². The lowest BCUT2D eigenvalue weighted by Crippen LogP contribution is -2.34. The molecule has 1 fully saturated rings. The van der Waals surface area contributed by atoms with Crippen LogP contribution in [0.3, 0.4) is 0 Å². The average Bonchev–Trinajstić information content (AvgIpc) is 3.27. The summed E-state index contributed by atoms with van der Waals surface area (Å²) in [5.74, 6) is -0.159. The van der Waals surface area contributed by atoms with Crippen molar-refractivity contribution in [2.45, 2.75) is 106 Å². The second-order valence-corrected chi connectivity index (χ2v) is 12.9. The normalized spacial score (nSPS) is 22.1. The van der Waals surface area contributed by atoms with Crippen molar-refractivity contribution in [1.29, 1.82) is 0 Å². The first-order chi connectivity index (χ1) is 20.4. The number of ketones is 2. The van der Waals surface area contributed by atoms with E-state index in [1.54, 1.807) is 13.8 Å². The van der Waals surface area contributed by atoms with E-state index in [1.165, 1.54) is 27.8 Å². The third-order valence-electron chi connectivity index (χ3n) is 11.4. The van der Waals surface area contributed by atoms with Crippen molar-refractivity contribution in [3.8, 4) is 0 Å². The highest BCUT2D eigenvalue weighted by atomic mass is 16.2. The van der Waals surface area contributed by atoms with Crippen LogP contribution in [0.15, 0.2) is 24.3 Å². The van der Waals surface area contributed by atoms with Gasteiger partial charge in [-0.2, -0.15) is 0 Å². The molecular formula is C37H44N4O2. The number of aromatic nitrogens is 4. The number of carbonyl (C=O) groups is 2. The molecule has 3 aromatic rings. The number of hydrogen-bond donors (Lipinski definition) is 2. The number of rotatable bonds is 6. The lowest BCUT2D eigenvalue weighted by atomic mass is 9.81. The van der Waals surface area contributed by atoms with Gasteiger partial charge in [0.05, 0.1) is 22.8 Å². The molecule has 0 amide bonds. The molecule has 0 aromatic carbocycles. The number of allylic oxidation sites excluding steroid dienone is 2. The highest BCUT2D eigenvalue weighted by Crippen LogP contribution is 2.82. The molecule has 6 heteroatoms. The van der Waals surface area contributed by atoms with Gasteiger partial charge < -0.3 is 9.97 Å². The van der Waals surface area contributed by atoms with Gasteiger partial charge in [-0.25, -0.2) is 4.98 Å². The van der Waals surface area contributed by atoms with Crippen LogP contribution in [0, 0.1) is 19.3 Å². The average molecular weight is 577 g/mol. The number of hydrogen-bond acceptors (Lipinski definition) is 4. The molecule has 1 saturated carbocycles. The Hall–Kier alpha value is -3.80. The summed E-state index contributed by atoms with van der Waals surface area (Å²) >= 11 is 0. The molecule has 43 heavy (non-hydrogen) atoms. The predicted octanol–water partition coefficient (Wildman–Crippen LogP) is 8.18. The van der Waals surface area contributed by atoms with E-state index in [0.717, 1.165) is 69.7 Å². The number of H-pyrrole nitrogens is 2. The highest BCUT2D eigenvalue weighted by Gasteiger charge is 2.92. The van der Waals surface area contributed by atoms with Gasteiger partial charge in [0.2, 0.25) is 0 Å². The first-order valence-corrected chi connectivity index (χ1v) is 15.9. The molecule has 2 N–H and O–H groups in total. The number of aryl methyl sites for hydroxylation is 4. The minimum absolute atomic E-state index is 0.0797.